The Balaban J connectivity index is 1.73. The lowest BCUT2D eigenvalue weighted by Gasteiger charge is -2.37. The number of benzene rings is 1. The maximum Gasteiger partial charge on any atom is 0.410 e. The Kier molecular flexibility index (Phi) is 4.26. The summed E-state index contributed by atoms with van der Waals surface area (Å²) in [4.78, 5) is 30.1. The van der Waals surface area contributed by atoms with Crippen LogP contribution in [0.3, 0.4) is 0 Å². The summed E-state index contributed by atoms with van der Waals surface area (Å²) < 4.78 is 5.44. The van der Waals surface area contributed by atoms with Gasteiger partial charge in [-0.25, -0.2) is 4.79 Å². The first-order chi connectivity index (χ1) is 11.7. The fraction of sp³-hybridized carbons (Fsp3) is 0.556. The highest BCUT2D eigenvalue weighted by Crippen LogP contribution is 2.35. The molecule has 0 radical (unpaired) electrons. The van der Waals surface area contributed by atoms with Gasteiger partial charge in [0.2, 0.25) is 0 Å². The highest BCUT2D eigenvalue weighted by molar-refractivity contribution is 6.04. The molecule has 136 valence electrons. The summed E-state index contributed by atoms with van der Waals surface area (Å²) >= 11 is 0. The molecule has 2 heterocycles. The first-order valence-electron chi connectivity index (χ1n) is 8.57. The van der Waals surface area contributed by atoms with E-state index in [1.165, 1.54) is 0 Å². The number of amides is 2. The van der Waals surface area contributed by atoms with Crippen LogP contribution in [-0.2, 0) is 11.3 Å². The third-order valence-corrected chi connectivity index (χ3v) is 4.55. The van der Waals surface area contributed by atoms with E-state index in [9.17, 15) is 9.59 Å². The van der Waals surface area contributed by atoms with Crippen molar-refractivity contribution in [1.82, 2.24) is 9.80 Å². The molecule has 0 atom stereocenters. The van der Waals surface area contributed by atoms with Crippen molar-refractivity contribution in [3.05, 3.63) is 23.3 Å². The van der Waals surface area contributed by atoms with Crippen molar-refractivity contribution in [2.24, 2.45) is 0 Å². The fourth-order valence-corrected chi connectivity index (χ4v) is 3.32. The molecule has 2 aliphatic heterocycles. The smallest absolute Gasteiger partial charge is 0.410 e. The van der Waals surface area contributed by atoms with Gasteiger partial charge in [-0.15, -0.1) is 0 Å². The van der Waals surface area contributed by atoms with Crippen LogP contribution in [0.15, 0.2) is 12.1 Å². The lowest BCUT2D eigenvalue weighted by atomic mass is 10.0. The Morgan fingerprint density at radius 3 is 2.40 bits per heavy atom. The van der Waals surface area contributed by atoms with E-state index in [0.29, 0.717) is 44.0 Å². The van der Waals surface area contributed by atoms with Crippen molar-refractivity contribution in [2.45, 2.75) is 32.9 Å². The maximum absolute atomic E-state index is 12.3. The molecule has 7 heteroatoms. The van der Waals surface area contributed by atoms with Crippen LogP contribution < -0.4 is 10.6 Å². The molecule has 0 bridgehead atoms. The predicted octanol–water partition coefficient (Wildman–Crippen LogP) is 1.91. The third kappa shape index (κ3) is 3.36. The van der Waals surface area contributed by atoms with Crippen LogP contribution in [-0.4, -0.2) is 60.6 Å². The first-order valence-corrected chi connectivity index (χ1v) is 8.57. The van der Waals surface area contributed by atoms with Gasteiger partial charge in [-0.1, -0.05) is 0 Å². The van der Waals surface area contributed by atoms with Crippen LogP contribution in [0.4, 0.5) is 16.2 Å². The summed E-state index contributed by atoms with van der Waals surface area (Å²) in [6, 6.07) is 3.77. The van der Waals surface area contributed by atoms with Crippen LogP contribution in [0, 0.1) is 0 Å². The number of hydrogen-bond acceptors (Lipinski definition) is 5. The molecular weight excluding hydrogens is 320 g/mol. The Hall–Kier alpha value is -2.44. The Labute approximate surface area is 148 Å². The zero-order chi connectivity index (χ0) is 18.4. The molecule has 0 spiro atoms. The van der Waals surface area contributed by atoms with E-state index in [0.717, 1.165) is 11.3 Å². The fourth-order valence-electron chi connectivity index (χ4n) is 3.32. The molecule has 25 heavy (non-hydrogen) atoms. The summed E-state index contributed by atoms with van der Waals surface area (Å²) in [6.45, 7) is 8.77. The average Bonchev–Trinajstić information content (AvgIpc) is 2.82. The molecule has 2 amide bonds. The number of nitrogens with two attached hydrogens (primary N) is 1. The van der Waals surface area contributed by atoms with Crippen molar-refractivity contribution in [1.29, 1.82) is 0 Å². The SMILES string of the molecule is CN1Cc2c(N3CCN(C(=O)OC(C)(C)C)CC3)ccc(N)c2C1=O. The molecule has 2 aliphatic rings. The summed E-state index contributed by atoms with van der Waals surface area (Å²) in [5, 5.41) is 0. The van der Waals surface area contributed by atoms with Crippen LogP contribution >= 0.6 is 0 Å². The van der Waals surface area contributed by atoms with Gasteiger partial charge in [-0.05, 0) is 32.9 Å². The number of carbonyl (C=O) groups excluding carboxylic acids is 2. The molecule has 0 unspecified atom stereocenters. The highest BCUT2D eigenvalue weighted by atomic mass is 16.6. The second-order valence-electron chi connectivity index (χ2n) is 7.64. The normalized spacial score (nSPS) is 17.8. The van der Waals surface area contributed by atoms with E-state index >= 15 is 0 Å². The second kappa shape index (κ2) is 6.13. The van der Waals surface area contributed by atoms with E-state index in [4.69, 9.17) is 10.5 Å². The van der Waals surface area contributed by atoms with Gasteiger partial charge in [0.25, 0.3) is 5.91 Å². The molecular formula is C18H26N4O3. The number of rotatable bonds is 1. The molecule has 1 aromatic rings. The molecule has 2 N–H and O–H groups in total. The van der Waals surface area contributed by atoms with Crippen molar-refractivity contribution in [3.8, 4) is 0 Å². The second-order valence-corrected chi connectivity index (χ2v) is 7.64. The summed E-state index contributed by atoms with van der Waals surface area (Å²) in [5.41, 5.74) is 8.68. The van der Waals surface area contributed by atoms with Crippen LogP contribution in [0.5, 0.6) is 0 Å². The zero-order valence-electron chi connectivity index (χ0n) is 15.3. The molecule has 3 rings (SSSR count). The summed E-state index contributed by atoms with van der Waals surface area (Å²) in [6.07, 6.45) is -0.274. The summed E-state index contributed by atoms with van der Waals surface area (Å²) in [5.74, 6) is -0.0262. The van der Waals surface area contributed by atoms with E-state index in [1.54, 1.807) is 22.9 Å². The average molecular weight is 346 g/mol. The minimum atomic E-state index is -0.489. The number of piperazine rings is 1. The summed E-state index contributed by atoms with van der Waals surface area (Å²) in [7, 11) is 1.78. The number of hydrogen-bond donors (Lipinski definition) is 1. The van der Waals surface area contributed by atoms with Crippen LogP contribution in [0.2, 0.25) is 0 Å². The lowest BCUT2D eigenvalue weighted by Crippen LogP contribution is -2.50. The van der Waals surface area contributed by atoms with Crippen molar-refractivity contribution in [3.63, 3.8) is 0 Å². The molecule has 7 nitrogen and oxygen atoms in total. The number of anilines is 2. The van der Waals surface area contributed by atoms with Gasteiger partial charge in [0.05, 0.1) is 5.56 Å². The van der Waals surface area contributed by atoms with Gasteiger partial charge in [-0.3, -0.25) is 4.79 Å². The number of carbonyl (C=O) groups is 2. The van der Waals surface area contributed by atoms with Gasteiger partial charge in [-0.2, -0.15) is 0 Å². The van der Waals surface area contributed by atoms with E-state index < -0.39 is 5.60 Å². The predicted molar refractivity (Wildman–Crippen MR) is 96.7 cm³/mol. The molecule has 0 aromatic heterocycles. The quantitative estimate of drug-likeness (QED) is 0.786. The standard InChI is InChI=1S/C18H26N4O3/c1-18(2,3)25-17(24)22-9-7-21(8-10-22)14-6-5-13(19)15-12(14)11-20(4)16(15)23/h5-6H,7-11,19H2,1-4H3. The van der Waals surface area contributed by atoms with Gasteiger partial charge >= 0.3 is 6.09 Å². The van der Waals surface area contributed by atoms with Gasteiger partial charge in [0.15, 0.2) is 0 Å². The zero-order valence-corrected chi connectivity index (χ0v) is 15.3. The highest BCUT2D eigenvalue weighted by Gasteiger charge is 2.32. The minimum absolute atomic E-state index is 0.0262. The molecule has 0 aliphatic carbocycles. The van der Waals surface area contributed by atoms with Crippen molar-refractivity contribution in [2.75, 3.05) is 43.9 Å². The minimum Gasteiger partial charge on any atom is -0.444 e. The van der Waals surface area contributed by atoms with Gasteiger partial charge in [0.1, 0.15) is 5.60 Å². The van der Waals surface area contributed by atoms with Crippen molar-refractivity contribution >= 4 is 23.4 Å². The van der Waals surface area contributed by atoms with Crippen LogP contribution in [0.1, 0.15) is 36.7 Å². The Morgan fingerprint density at radius 1 is 1.16 bits per heavy atom. The van der Waals surface area contributed by atoms with E-state index in [-0.39, 0.29) is 12.0 Å². The number of nitrogens with zero attached hydrogens (tertiary/aromatic N) is 3. The largest absolute Gasteiger partial charge is 0.444 e. The molecule has 1 saturated heterocycles. The Morgan fingerprint density at radius 2 is 1.80 bits per heavy atom. The van der Waals surface area contributed by atoms with Gasteiger partial charge < -0.3 is 25.2 Å². The van der Waals surface area contributed by atoms with E-state index in [1.807, 2.05) is 26.8 Å². The molecule has 1 fully saturated rings. The number of nitrogen functional groups attached to an aromatic ring is 1. The lowest BCUT2D eigenvalue weighted by molar-refractivity contribution is 0.0240. The van der Waals surface area contributed by atoms with E-state index in [2.05, 4.69) is 4.90 Å². The van der Waals surface area contributed by atoms with Gasteiger partial charge in [0, 0.05) is 56.7 Å². The molecule has 1 aromatic carbocycles. The monoisotopic (exact) mass is 346 g/mol. The topological polar surface area (TPSA) is 79.1 Å². The van der Waals surface area contributed by atoms with Crippen molar-refractivity contribution < 1.29 is 14.3 Å². The third-order valence-electron chi connectivity index (χ3n) is 4.55. The maximum atomic E-state index is 12.3. The number of ether oxygens (including phenoxy) is 1. The Bertz CT molecular complexity index is 703. The first kappa shape index (κ1) is 17.4. The number of fused-ring (bicyclic) bond motifs is 1. The molecule has 0 saturated carbocycles. The van der Waals surface area contributed by atoms with Crippen LogP contribution in [0.25, 0.3) is 0 Å².